The van der Waals surface area contributed by atoms with Crippen LogP contribution in [-0.4, -0.2) is 30.3 Å². The fraction of sp³-hybridized carbons (Fsp3) is 0.545. The lowest BCUT2D eigenvalue weighted by Gasteiger charge is -2.15. The lowest BCUT2D eigenvalue weighted by molar-refractivity contribution is 0.0792. The van der Waals surface area contributed by atoms with Crippen molar-refractivity contribution in [1.29, 1.82) is 0 Å². The van der Waals surface area contributed by atoms with E-state index in [0.717, 1.165) is 25.8 Å². The third kappa shape index (κ3) is 3.96. The molecule has 1 amide bonds. The molecule has 0 aliphatic heterocycles. The number of halogens is 1. The van der Waals surface area contributed by atoms with Crippen LogP contribution in [0.25, 0.3) is 0 Å². The van der Waals surface area contributed by atoms with Gasteiger partial charge >= 0.3 is 0 Å². The molecule has 0 saturated carbocycles. The summed E-state index contributed by atoms with van der Waals surface area (Å²) in [7, 11) is 1.80. The number of rotatable bonds is 6. The van der Waals surface area contributed by atoms with Gasteiger partial charge in [-0.05, 0) is 18.9 Å². The zero-order chi connectivity index (χ0) is 11.1. The number of hydrogen-bond acceptors (Lipinski definition) is 2. The third-order valence-electron chi connectivity index (χ3n) is 2.24. The molecule has 1 rings (SSSR count). The highest BCUT2D eigenvalue weighted by molar-refractivity contribution is 6.17. The van der Waals surface area contributed by atoms with Crippen LogP contribution in [0.3, 0.4) is 0 Å². The molecule has 84 valence electrons. The first-order valence-electron chi connectivity index (χ1n) is 5.09. The number of alkyl halides is 1. The SMILES string of the molecule is CN(CCCCCCl)C(=O)c1ccoc1. The van der Waals surface area contributed by atoms with Crippen molar-refractivity contribution in [2.75, 3.05) is 19.5 Å². The second-order valence-electron chi connectivity index (χ2n) is 3.49. The Morgan fingerprint density at radius 1 is 1.47 bits per heavy atom. The van der Waals surface area contributed by atoms with Crippen LogP contribution in [0.2, 0.25) is 0 Å². The van der Waals surface area contributed by atoms with Crippen LogP contribution in [0.4, 0.5) is 0 Å². The smallest absolute Gasteiger partial charge is 0.256 e. The minimum atomic E-state index is 0.00891. The van der Waals surface area contributed by atoms with Crippen LogP contribution < -0.4 is 0 Å². The molecule has 15 heavy (non-hydrogen) atoms. The van der Waals surface area contributed by atoms with Crippen molar-refractivity contribution in [3.8, 4) is 0 Å². The highest BCUT2D eigenvalue weighted by Gasteiger charge is 2.11. The molecule has 0 aromatic carbocycles. The Morgan fingerprint density at radius 2 is 2.27 bits per heavy atom. The van der Waals surface area contributed by atoms with E-state index in [4.69, 9.17) is 16.0 Å². The highest BCUT2D eigenvalue weighted by Crippen LogP contribution is 2.06. The molecular weight excluding hydrogens is 214 g/mol. The molecule has 1 heterocycles. The van der Waals surface area contributed by atoms with Crippen molar-refractivity contribution < 1.29 is 9.21 Å². The minimum Gasteiger partial charge on any atom is -0.472 e. The monoisotopic (exact) mass is 229 g/mol. The number of amides is 1. The molecule has 1 aromatic rings. The van der Waals surface area contributed by atoms with Crippen molar-refractivity contribution >= 4 is 17.5 Å². The van der Waals surface area contributed by atoms with Crippen molar-refractivity contribution in [3.05, 3.63) is 24.2 Å². The van der Waals surface area contributed by atoms with E-state index in [1.165, 1.54) is 12.5 Å². The second kappa shape index (κ2) is 6.51. The molecule has 0 atom stereocenters. The minimum absolute atomic E-state index is 0.00891. The number of hydrogen-bond donors (Lipinski definition) is 0. The number of nitrogens with zero attached hydrogens (tertiary/aromatic N) is 1. The van der Waals surface area contributed by atoms with E-state index in [2.05, 4.69) is 0 Å². The van der Waals surface area contributed by atoms with Gasteiger partial charge in [0.05, 0.1) is 11.8 Å². The quantitative estimate of drug-likeness (QED) is 0.555. The molecule has 0 aliphatic carbocycles. The van der Waals surface area contributed by atoms with E-state index >= 15 is 0 Å². The highest BCUT2D eigenvalue weighted by atomic mass is 35.5. The number of furan rings is 1. The third-order valence-corrected chi connectivity index (χ3v) is 2.51. The maximum absolute atomic E-state index is 11.7. The van der Waals surface area contributed by atoms with Crippen molar-refractivity contribution in [1.82, 2.24) is 4.90 Å². The Hall–Kier alpha value is -0.960. The van der Waals surface area contributed by atoms with Crippen LogP contribution in [0.15, 0.2) is 23.0 Å². The zero-order valence-electron chi connectivity index (χ0n) is 8.91. The fourth-order valence-corrected chi connectivity index (χ4v) is 1.52. The van der Waals surface area contributed by atoms with Gasteiger partial charge in [0.15, 0.2) is 0 Å². The maximum Gasteiger partial charge on any atom is 0.256 e. The zero-order valence-corrected chi connectivity index (χ0v) is 9.67. The summed E-state index contributed by atoms with van der Waals surface area (Å²) in [4.78, 5) is 13.4. The summed E-state index contributed by atoms with van der Waals surface area (Å²) in [5.74, 6) is 0.703. The predicted octanol–water partition coefficient (Wildman–Crippen LogP) is 2.76. The lowest BCUT2D eigenvalue weighted by atomic mass is 10.2. The molecule has 0 bridgehead atoms. The van der Waals surface area contributed by atoms with E-state index < -0.39 is 0 Å². The summed E-state index contributed by atoms with van der Waals surface area (Å²) in [6.45, 7) is 0.765. The molecule has 0 aliphatic rings. The molecule has 1 aromatic heterocycles. The van der Waals surface area contributed by atoms with Gasteiger partial charge in [-0.1, -0.05) is 6.42 Å². The molecule has 0 saturated heterocycles. The van der Waals surface area contributed by atoms with Gasteiger partial charge in [-0.3, -0.25) is 4.79 Å². The first kappa shape index (κ1) is 12.1. The Balaban J connectivity index is 2.28. The summed E-state index contributed by atoms with van der Waals surface area (Å²) in [6, 6.07) is 1.68. The van der Waals surface area contributed by atoms with Crippen molar-refractivity contribution in [2.24, 2.45) is 0 Å². The number of carbonyl (C=O) groups excluding carboxylic acids is 1. The summed E-state index contributed by atoms with van der Waals surface area (Å²) >= 11 is 5.57. The van der Waals surface area contributed by atoms with Crippen LogP contribution in [0.5, 0.6) is 0 Å². The van der Waals surface area contributed by atoms with Gasteiger partial charge in [-0.2, -0.15) is 0 Å². The first-order chi connectivity index (χ1) is 7.25. The molecule has 0 spiro atoms. The molecule has 4 heteroatoms. The maximum atomic E-state index is 11.7. The summed E-state index contributed by atoms with van der Waals surface area (Å²) < 4.78 is 4.86. The summed E-state index contributed by atoms with van der Waals surface area (Å²) in [5.41, 5.74) is 0.606. The predicted molar refractivity (Wildman–Crippen MR) is 60.2 cm³/mol. The van der Waals surface area contributed by atoms with E-state index in [9.17, 15) is 4.79 Å². The van der Waals surface area contributed by atoms with Gasteiger partial charge in [0.2, 0.25) is 0 Å². The number of unbranched alkanes of at least 4 members (excludes halogenated alkanes) is 2. The first-order valence-corrected chi connectivity index (χ1v) is 5.63. The Bertz CT molecular complexity index is 285. The molecule has 0 fully saturated rings. The molecular formula is C11H16ClNO2. The molecule has 0 radical (unpaired) electrons. The molecule has 0 unspecified atom stereocenters. The standard InChI is InChI=1S/C11H16ClNO2/c1-13(7-4-2-3-6-12)11(14)10-5-8-15-9-10/h5,8-9H,2-4,6-7H2,1H3. The van der Waals surface area contributed by atoms with Crippen LogP contribution in [0.1, 0.15) is 29.6 Å². The Morgan fingerprint density at radius 3 is 2.87 bits per heavy atom. The van der Waals surface area contributed by atoms with E-state index in [1.54, 1.807) is 18.0 Å². The fourth-order valence-electron chi connectivity index (χ4n) is 1.33. The van der Waals surface area contributed by atoms with Gasteiger partial charge in [-0.25, -0.2) is 0 Å². The normalized spacial score (nSPS) is 10.3. The van der Waals surface area contributed by atoms with Crippen LogP contribution in [0, 0.1) is 0 Å². The van der Waals surface area contributed by atoms with E-state index in [0.29, 0.717) is 11.4 Å². The average molecular weight is 230 g/mol. The summed E-state index contributed by atoms with van der Waals surface area (Å²) in [6.07, 6.45) is 6.04. The molecule has 3 nitrogen and oxygen atoms in total. The van der Waals surface area contributed by atoms with Crippen molar-refractivity contribution in [3.63, 3.8) is 0 Å². The van der Waals surface area contributed by atoms with Gasteiger partial charge in [0.1, 0.15) is 6.26 Å². The van der Waals surface area contributed by atoms with Crippen LogP contribution in [-0.2, 0) is 0 Å². The van der Waals surface area contributed by atoms with Crippen molar-refractivity contribution in [2.45, 2.75) is 19.3 Å². The largest absolute Gasteiger partial charge is 0.472 e. The molecule has 0 N–H and O–H groups in total. The summed E-state index contributed by atoms with van der Waals surface area (Å²) in [5, 5.41) is 0. The van der Waals surface area contributed by atoms with Gasteiger partial charge < -0.3 is 9.32 Å². The Labute approximate surface area is 95.0 Å². The van der Waals surface area contributed by atoms with Gasteiger partial charge in [-0.15, -0.1) is 11.6 Å². The number of carbonyl (C=O) groups is 1. The van der Waals surface area contributed by atoms with Gasteiger partial charge in [0.25, 0.3) is 5.91 Å². The van der Waals surface area contributed by atoms with E-state index in [-0.39, 0.29) is 5.91 Å². The topological polar surface area (TPSA) is 33.5 Å². The van der Waals surface area contributed by atoms with Crippen LogP contribution >= 0.6 is 11.6 Å². The second-order valence-corrected chi connectivity index (χ2v) is 3.87. The Kier molecular flexibility index (Phi) is 5.26. The average Bonchev–Trinajstić information content (AvgIpc) is 2.76. The lowest BCUT2D eigenvalue weighted by Crippen LogP contribution is -2.27. The van der Waals surface area contributed by atoms with Gasteiger partial charge in [0, 0.05) is 19.5 Å². The van der Waals surface area contributed by atoms with E-state index in [1.807, 2.05) is 0 Å².